The van der Waals surface area contributed by atoms with E-state index in [1.165, 1.54) is 11.0 Å². The lowest BCUT2D eigenvalue weighted by Gasteiger charge is -2.48. The average molecular weight is 575 g/mol. The summed E-state index contributed by atoms with van der Waals surface area (Å²) < 4.78 is 1.36. The number of nitrogens with zero attached hydrogens (tertiary/aromatic N) is 6. The number of carboxylic acids is 1. The van der Waals surface area contributed by atoms with Gasteiger partial charge in [-0.05, 0) is 48.1 Å². The summed E-state index contributed by atoms with van der Waals surface area (Å²) in [6.07, 6.45) is 4.40. The van der Waals surface area contributed by atoms with Gasteiger partial charge in [0.05, 0.1) is 12.0 Å². The second-order valence-electron chi connectivity index (χ2n) is 12.5. The molecule has 5 aliphatic heterocycles. The fraction of sp³-hybridized carbons (Fsp3) is 0.808. The molecule has 0 radical (unpaired) electrons. The van der Waals surface area contributed by atoms with Gasteiger partial charge in [-0.1, -0.05) is 13.8 Å². The number of tetrazole rings is 1. The molecule has 0 saturated carbocycles. The van der Waals surface area contributed by atoms with Crippen molar-refractivity contribution in [3.05, 3.63) is 6.33 Å². The Morgan fingerprint density at radius 2 is 2.12 bits per heavy atom. The van der Waals surface area contributed by atoms with Gasteiger partial charge in [0, 0.05) is 54.6 Å². The van der Waals surface area contributed by atoms with Crippen molar-refractivity contribution in [2.75, 3.05) is 32.7 Å². The summed E-state index contributed by atoms with van der Waals surface area (Å²) in [4.78, 5) is 55.1. The first-order chi connectivity index (χ1) is 19.2. The number of rotatable bonds is 9. The Kier molecular flexibility index (Phi) is 7.36. The van der Waals surface area contributed by atoms with Gasteiger partial charge in [-0.15, -0.1) is 5.10 Å². The van der Waals surface area contributed by atoms with Crippen molar-refractivity contribution in [3.8, 4) is 0 Å². The molecule has 1 aromatic rings. The molecule has 6 rings (SSSR count). The number of Topliss-reactive ketones (excluding diaryl/α,β-unsaturated/α-hetero) is 1. The number of carbonyl (C=O) groups is 4. The molecule has 0 aliphatic carbocycles. The average Bonchev–Trinajstić information content (AvgIpc) is 3.74. The minimum atomic E-state index is -0.993. The molecule has 3 N–H and O–H groups in total. The van der Waals surface area contributed by atoms with Crippen LogP contribution in [-0.4, -0.2) is 120 Å². The quantitative estimate of drug-likeness (QED) is 0.318. The minimum Gasteiger partial charge on any atom is -0.480 e. The first-order valence-electron chi connectivity index (χ1n) is 14.3. The Bertz CT molecular complexity index is 1160. The number of amides is 2. The molecule has 0 bridgehead atoms. The topological polar surface area (TPSA) is 163 Å². The lowest BCUT2D eigenvalue weighted by molar-refractivity contribution is -0.168. The fourth-order valence-electron chi connectivity index (χ4n) is 7.83. The Balaban J connectivity index is 1.07. The maximum atomic E-state index is 13.3. The summed E-state index contributed by atoms with van der Waals surface area (Å²) in [5, 5.41) is 27.6. The van der Waals surface area contributed by atoms with E-state index >= 15 is 0 Å². The van der Waals surface area contributed by atoms with Crippen LogP contribution in [0, 0.1) is 23.2 Å². The zero-order chi connectivity index (χ0) is 28.2. The minimum absolute atomic E-state index is 0.0439. The van der Waals surface area contributed by atoms with Gasteiger partial charge in [0.1, 0.15) is 18.9 Å². The Hall–Kier alpha value is -2.58. The summed E-state index contributed by atoms with van der Waals surface area (Å²) in [7, 11) is 0. The number of hydrogen-bond donors (Lipinski definition) is 3. The van der Waals surface area contributed by atoms with Crippen LogP contribution < -0.4 is 10.6 Å². The van der Waals surface area contributed by atoms with Gasteiger partial charge >= 0.3 is 5.97 Å². The van der Waals surface area contributed by atoms with Gasteiger partial charge in [-0.2, -0.15) is 11.8 Å². The first kappa shape index (κ1) is 27.6. The second kappa shape index (κ2) is 10.7. The number of fused-ring (bicyclic) bond motifs is 1. The monoisotopic (exact) mass is 574 g/mol. The van der Waals surface area contributed by atoms with Gasteiger partial charge in [-0.25, -0.2) is 9.48 Å². The van der Waals surface area contributed by atoms with E-state index in [0.29, 0.717) is 13.0 Å². The van der Waals surface area contributed by atoms with Crippen molar-refractivity contribution in [2.45, 2.75) is 74.7 Å². The highest BCUT2D eigenvalue weighted by molar-refractivity contribution is 8.00. The van der Waals surface area contributed by atoms with Crippen LogP contribution in [0.2, 0.25) is 0 Å². The van der Waals surface area contributed by atoms with Crippen LogP contribution in [0.1, 0.15) is 39.5 Å². The van der Waals surface area contributed by atoms with E-state index in [4.69, 9.17) is 0 Å². The molecule has 0 aromatic carbocycles. The Morgan fingerprint density at radius 3 is 2.83 bits per heavy atom. The molecular formula is C26H38N8O5S. The third kappa shape index (κ3) is 4.81. The second-order valence-corrected chi connectivity index (χ2v) is 14.0. The highest BCUT2D eigenvalue weighted by atomic mass is 32.2. The van der Waals surface area contributed by atoms with Gasteiger partial charge in [0.15, 0.2) is 5.78 Å². The number of nitrogens with one attached hydrogen (secondary N) is 2. The van der Waals surface area contributed by atoms with Crippen molar-refractivity contribution in [3.63, 3.8) is 0 Å². The normalized spacial score (nSPS) is 37.6. The summed E-state index contributed by atoms with van der Waals surface area (Å²) >= 11 is 1.61. The molecule has 9 atom stereocenters. The van der Waals surface area contributed by atoms with Crippen molar-refractivity contribution < 1.29 is 24.3 Å². The summed E-state index contributed by atoms with van der Waals surface area (Å²) in [5.41, 5.74) is 0.225. The number of hydrogen-bond acceptors (Lipinski definition) is 10. The molecule has 2 amide bonds. The molecule has 6 unspecified atom stereocenters. The highest BCUT2D eigenvalue weighted by Crippen LogP contribution is 2.51. The molecule has 5 saturated heterocycles. The lowest BCUT2D eigenvalue weighted by Crippen LogP contribution is -2.64. The smallest absolute Gasteiger partial charge is 0.327 e. The van der Waals surface area contributed by atoms with Crippen LogP contribution >= 0.6 is 11.8 Å². The van der Waals surface area contributed by atoms with E-state index in [9.17, 15) is 24.3 Å². The van der Waals surface area contributed by atoms with Crippen LogP contribution in [0.25, 0.3) is 0 Å². The zero-order valence-electron chi connectivity index (χ0n) is 22.9. The lowest BCUT2D eigenvalue weighted by atomic mass is 9.73. The Labute approximate surface area is 237 Å². The molecule has 5 fully saturated rings. The molecule has 40 heavy (non-hydrogen) atoms. The van der Waals surface area contributed by atoms with Crippen LogP contribution in [0.4, 0.5) is 0 Å². The molecule has 5 aliphatic rings. The molecule has 14 heteroatoms. The molecule has 6 heterocycles. The van der Waals surface area contributed by atoms with Crippen LogP contribution in [-0.2, 0) is 25.7 Å². The standard InChI is InChI=1S/C26H38N8O5S/c1-14(7-16(35)10-33-13-29-30-31-33)19-20-15(2)22(21(25(38)39)34(20)24(19)37)40-17-8-18(28-9-17)23(36)32-6-4-26(12-32)3-5-27-11-26/h13-15,17-22,27-28H,3-12H2,1-2H3,(H,38,39)/t14?,15-,17?,18?,19-,20-,21?,22?,26?/m1/s1. The van der Waals surface area contributed by atoms with E-state index in [0.717, 1.165) is 39.0 Å². The van der Waals surface area contributed by atoms with Crippen molar-refractivity contribution >= 4 is 35.3 Å². The molecule has 1 spiro atoms. The van der Waals surface area contributed by atoms with E-state index in [1.54, 1.807) is 16.7 Å². The number of likely N-dealkylation sites (tertiary alicyclic amines) is 1. The maximum Gasteiger partial charge on any atom is 0.327 e. The third-order valence-electron chi connectivity index (χ3n) is 9.86. The highest BCUT2D eigenvalue weighted by Gasteiger charge is 2.65. The number of carboxylic acid groups (broad SMARTS) is 1. The maximum absolute atomic E-state index is 13.3. The van der Waals surface area contributed by atoms with Gasteiger partial charge < -0.3 is 25.5 Å². The molecule has 1 aromatic heterocycles. The van der Waals surface area contributed by atoms with E-state index in [2.05, 4.69) is 26.2 Å². The number of ketones is 1. The number of thioether (sulfide) groups is 1. The van der Waals surface area contributed by atoms with Crippen LogP contribution in [0.15, 0.2) is 6.33 Å². The summed E-state index contributed by atoms with van der Waals surface area (Å²) in [5.74, 6) is -1.74. The van der Waals surface area contributed by atoms with Crippen LogP contribution in [0.3, 0.4) is 0 Å². The van der Waals surface area contributed by atoms with Crippen molar-refractivity contribution in [1.82, 2.24) is 40.6 Å². The largest absolute Gasteiger partial charge is 0.480 e. The van der Waals surface area contributed by atoms with Gasteiger partial charge in [-0.3, -0.25) is 14.4 Å². The Morgan fingerprint density at radius 1 is 1.30 bits per heavy atom. The zero-order valence-corrected chi connectivity index (χ0v) is 23.8. The number of aliphatic carboxylic acids is 1. The summed E-state index contributed by atoms with van der Waals surface area (Å²) in [6, 6.07) is -1.37. The molecule has 218 valence electrons. The van der Waals surface area contributed by atoms with E-state index < -0.39 is 12.0 Å². The van der Waals surface area contributed by atoms with Gasteiger partial charge in [0.25, 0.3) is 0 Å². The number of carbonyl (C=O) groups excluding carboxylic acids is 3. The van der Waals surface area contributed by atoms with Gasteiger partial charge in [0.2, 0.25) is 11.8 Å². The molecular weight excluding hydrogens is 536 g/mol. The fourth-order valence-corrected chi connectivity index (χ4v) is 9.57. The third-order valence-corrected chi connectivity index (χ3v) is 11.6. The number of β-lactam (4-membered cyclic amide) rings is 1. The SMILES string of the molecule is CC(CC(=O)Cn1cnnn1)[C@H]1C(=O)N2C(C(=O)O)C(SC3CNC(C(=O)N4CCC5(CCNC5)C4)C3)[C@H](C)[C@H]12. The predicted molar refractivity (Wildman–Crippen MR) is 144 cm³/mol. The van der Waals surface area contributed by atoms with E-state index in [1.807, 2.05) is 18.7 Å². The van der Waals surface area contributed by atoms with Crippen molar-refractivity contribution in [1.29, 1.82) is 0 Å². The van der Waals surface area contributed by atoms with E-state index in [-0.39, 0.29) is 76.3 Å². The summed E-state index contributed by atoms with van der Waals surface area (Å²) in [6.45, 7) is 8.21. The molecule has 13 nitrogen and oxygen atoms in total. The first-order valence-corrected chi connectivity index (χ1v) is 15.3. The number of aromatic nitrogens is 4. The van der Waals surface area contributed by atoms with Crippen LogP contribution in [0.5, 0.6) is 0 Å². The van der Waals surface area contributed by atoms with Crippen molar-refractivity contribution in [2.24, 2.45) is 23.2 Å². The predicted octanol–water partition coefficient (Wildman–Crippen LogP) is -0.757.